The first kappa shape index (κ1) is 18.6. The second-order valence-corrected chi connectivity index (χ2v) is 5.84. The van der Waals surface area contributed by atoms with E-state index in [1.54, 1.807) is 36.7 Å². The van der Waals surface area contributed by atoms with E-state index in [1.807, 2.05) is 36.4 Å². The second kappa shape index (κ2) is 8.95. The van der Waals surface area contributed by atoms with E-state index in [9.17, 15) is 10.1 Å². The van der Waals surface area contributed by atoms with Crippen molar-refractivity contribution < 1.29 is 4.92 Å². The van der Waals surface area contributed by atoms with Crippen LogP contribution in [-0.2, 0) is 0 Å². The first-order chi connectivity index (χ1) is 13.6. The predicted molar refractivity (Wildman–Crippen MR) is 113 cm³/mol. The summed E-state index contributed by atoms with van der Waals surface area (Å²) in [4.78, 5) is 10.3. The highest BCUT2D eigenvalue weighted by Crippen LogP contribution is 2.17. The lowest BCUT2D eigenvalue weighted by atomic mass is 10.1. The van der Waals surface area contributed by atoms with E-state index in [0.29, 0.717) is 11.4 Å². The number of benzene rings is 3. The zero-order valence-electron chi connectivity index (χ0n) is 14.8. The van der Waals surface area contributed by atoms with Gasteiger partial charge in [0.25, 0.3) is 5.69 Å². The van der Waals surface area contributed by atoms with Crippen LogP contribution in [0.5, 0.6) is 0 Å². The molecule has 28 heavy (non-hydrogen) atoms. The van der Waals surface area contributed by atoms with Crippen molar-refractivity contribution in [2.75, 3.05) is 16.6 Å². The van der Waals surface area contributed by atoms with Crippen molar-refractivity contribution in [3.05, 3.63) is 94.0 Å². The van der Waals surface area contributed by atoms with Gasteiger partial charge in [-0.3, -0.25) is 21.0 Å². The number of nitrogens with one attached hydrogen (secondary N) is 2. The molecule has 8 nitrogen and oxygen atoms in total. The molecule has 0 unspecified atom stereocenters. The predicted octanol–water partition coefficient (Wildman–Crippen LogP) is 4.07. The van der Waals surface area contributed by atoms with Crippen LogP contribution in [0.2, 0.25) is 0 Å². The fourth-order valence-corrected chi connectivity index (χ4v) is 2.38. The minimum atomic E-state index is -0.449. The minimum absolute atomic E-state index is 0.00563. The molecule has 0 fully saturated rings. The Labute approximate surface area is 161 Å². The minimum Gasteiger partial charge on any atom is -0.399 e. The first-order valence-electron chi connectivity index (χ1n) is 8.38. The van der Waals surface area contributed by atoms with Gasteiger partial charge in [0.2, 0.25) is 0 Å². The van der Waals surface area contributed by atoms with Crippen LogP contribution >= 0.6 is 0 Å². The standard InChI is InChI=1S/C20H18N6O2/c21-17-6-2-7-18(11-17)24-22-13-15-4-1-5-16(10-15)14-23-25-19-8-3-9-20(12-19)26(27)28/h1-14,24-25H,21H2/b22-13+,23-14+. The van der Waals surface area contributed by atoms with Crippen LogP contribution in [0.15, 0.2) is 83.0 Å². The Balaban J connectivity index is 1.61. The third kappa shape index (κ3) is 5.40. The molecule has 0 bridgehead atoms. The highest BCUT2D eigenvalue weighted by Gasteiger charge is 2.04. The summed E-state index contributed by atoms with van der Waals surface area (Å²) in [6, 6.07) is 21.1. The lowest BCUT2D eigenvalue weighted by Crippen LogP contribution is -1.94. The van der Waals surface area contributed by atoms with Gasteiger partial charge in [0, 0.05) is 17.8 Å². The number of non-ortho nitro benzene ring substituents is 1. The number of nitrogens with two attached hydrogens (primary N) is 1. The zero-order valence-corrected chi connectivity index (χ0v) is 14.8. The monoisotopic (exact) mass is 374 g/mol. The van der Waals surface area contributed by atoms with E-state index in [2.05, 4.69) is 21.1 Å². The van der Waals surface area contributed by atoms with Gasteiger partial charge in [-0.1, -0.05) is 30.3 Å². The van der Waals surface area contributed by atoms with Crippen molar-refractivity contribution in [2.45, 2.75) is 0 Å². The maximum Gasteiger partial charge on any atom is 0.271 e. The Hall–Kier alpha value is -4.20. The number of hydrazone groups is 2. The summed E-state index contributed by atoms with van der Waals surface area (Å²) in [5, 5.41) is 19.1. The number of hydrogen-bond acceptors (Lipinski definition) is 7. The number of nitrogens with zero attached hydrogens (tertiary/aromatic N) is 3. The lowest BCUT2D eigenvalue weighted by molar-refractivity contribution is -0.384. The van der Waals surface area contributed by atoms with Crippen molar-refractivity contribution >= 4 is 35.2 Å². The molecule has 0 aliphatic heterocycles. The molecule has 3 aromatic rings. The number of rotatable bonds is 7. The zero-order chi connectivity index (χ0) is 19.8. The van der Waals surface area contributed by atoms with Gasteiger partial charge in [0.05, 0.1) is 28.7 Å². The number of nitro benzene ring substituents is 1. The fraction of sp³-hybridized carbons (Fsp3) is 0. The second-order valence-electron chi connectivity index (χ2n) is 5.84. The highest BCUT2D eigenvalue weighted by atomic mass is 16.6. The third-order valence-electron chi connectivity index (χ3n) is 3.67. The number of hydrogen-bond donors (Lipinski definition) is 3. The molecule has 0 aromatic heterocycles. The van der Waals surface area contributed by atoms with Crippen molar-refractivity contribution in [2.24, 2.45) is 10.2 Å². The molecule has 0 saturated heterocycles. The molecule has 140 valence electrons. The summed E-state index contributed by atoms with van der Waals surface area (Å²) in [6.07, 6.45) is 3.32. The topological polar surface area (TPSA) is 118 Å². The molecule has 0 amide bonds. The Morgan fingerprint density at radius 3 is 2.00 bits per heavy atom. The lowest BCUT2D eigenvalue weighted by Gasteiger charge is -2.01. The van der Waals surface area contributed by atoms with E-state index in [-0.39, 0.29) is 5.69 Å². The largest absolute Gasteiger partial charge is 0.399 e. The van der Waals surface area contributed by atoms with Gasteiger partial charge in [0.1, 0.15) is 0 Å². The molecular weight excluding hydrogens is 356 g/mol. The molecule has 8 heteroatoms. The van der Waals surface area contributed by atoms with Crippen molar-refractivity contribution in [1.82, 2.24) is 0 Å². The Kier molecular flexibility index (Phi) is 5.94. The Morgan fingerprint density at radius 1 is 0.821 bits per heavy atom. The van der Waals surface area contributed by atoms with E-state index in [1.165, 1.54) is 12.1 Å². The maximum atomic E-state index is 10.8. The molecule has 4 N–H and O–H groups in total. The Bertz CT molecular complexity index is 1030. The molecule has 0 spiro atoms. The average molecular weight is 374 g/mol. The van der Waals surface area contributed by atoms with Crippen LogP contribution < -0.4 is 16.6 Å². The van der Waals surface area contributed by atoms with Crippen LogP contribution in [0.1, 0.15) is 11.1 Å². The van der Waals surface area contributed by atoms with Crippen molar-refractivity contribution in [3.63, 3.8) is 0 Å². The normalized spacial score (nSPS) is 11.0. The molecule has 3 aromatic carbocycles. The van der Waals surface area contributed by atoms with Crippen LogP contribution in [-0.4, -0.2) is 17.4 Å². The van der Waals surface area contributed by atoms with Gasteiger partial charge in [0.15, 0.2) is 0 Å². The molecule has 0 aliphatic carbocycles. The summed E-state index contributed by atoms with van der Waals surface area (Å²) in [5.41, 5.74) is 15.2. The quantitative estimate of drug-likeness (QED) is 0.249. The molecule has 0 radical (unpaired) electrons. The highest BCUT2D eigenvalue weighted by molar-refractivity contribution is 5.86. The summed E-state index contributed by atoms with van der Waals surface area (Å²) in [7, 11) is 0. The fourth-order valence-electron chi connectivity index (χ4n) is 2.38. The van der Waals surface area contributed by atoms with Gasteiger partial charge in [-0.05, 0) is 41.5 Å². The van der Waals surface area contributed by atoms with E-state index < -0.39 is 4.92 Å². The molecule has 0 heterocycles. The average Bonchev–Trinajstić information content (AvgIpc) is 2.69. The summed E-state index contributed by atoms with van der Waals surface area (Å²) >= 11 is 0. The van der Waals surface area contributed by atoms with E-state index >= 15 is 0 Å². The van der Waals surface area contributed by atoms with Crippen LogP contribution in [0.25, 0.3) is 0 Å². The number of nitro groups is 1. The maximum absolute atomic E-state index is 10.8. The van der Waals surface area contributed by atoms with Crippen LogP contribution in [0.3, 0.4) is 0 Å². The van der Waals surface area contributed by atoms with Gasteiger partial charge in [-0.15, -0.1) is 0 Å². The molecule has 0 aliphatic rings. The SMILES string of the molecule is Nc1cccc(N/N=C/c2cccc(/C=N/Nc3cccc([N+](=O)[O-])c3)c2)c1. The van der Waals surface area contributed by atoms with Crippen LogP contribution in [0, 0.1) is 10.1 Å². The summed E-state index contributed by atoms with van der Waals surface area (Å²) < 4.78 is 0. The molecule has 0 saturated carbocycles. The van der Waals surface area contributed by atoms with Crippen LogP contribution in [0.4, 0.5) is 22.7 Å². The van der Waals surface area contributed by atoms with Gasteiger partial charge in [-0.25, -0.2) is 0 Å². The summed E-state index contributed by atoms with van der Waals surface area (Å²) in [5.74, 6) is 0. The molecular formula is C20H18N6O2. The Morgan fingerprint density at radius 2 is 1.39 bits per heavy atom. The van der Waals surface area contributed by atoms with E-state index in [0.717, 1.165) is 16.8 Å². The van der Waals surface area contributed by atoms with Gasteiger partial charge >= 0.3 is 0 Å². The van der Waals surface area contributed by atoms with Crippen molar-refractivity contribution in [3.8, 4) is 0 Å². The van der Waals surface area contributed by atoms with Gasteiger partial charge in [-0.2, -0.15) is 10.2 Å². The summed E-state index contributed by atoms with van der Waals surface area (Å²) in [6.45, 7) is 0. The molecule has 0 atom stereocenters. The molecule has 3 rings (SSSR count). The number of anilines is 3. The van der Waals surface area contributed by atoms with Gasteiger partial charge < -0.3 is 5.73 Å². The number of nitrogen functional groups attached to an aromatic ring is 1. The smallest absolute Gasteiger partial charge is 0.271 e. The van der Waals surface area contributed by atoms with Crippen molar-refractivity contribution in [1.29, 1.82) is 0 Å². The third-order valence-corrected chi connectivity index (χ3v) is 3.67. The van der Waals surface area contributed by atoms with E-state index in [4.69, 9.17) is 5.73 Å². The first-order valence-corrected chi connectivity index (χ1v) is 8.38.